The molecule has 0 aliphatic rings. The van der Waals surface area contributed by atoms with E-state index in [1.165, 1.54) is 5.39 Å². The van der Waals surface area contributed by atoms with Crippen LogP contribution in [0.15, 0.2) is 217 Å². The molecule has 0 spiro atoms. The van der Waals surface area contributed by atoms with Gasteiger partial charge in [0.25, 0.3) is 0 Å². The molecule has 9 aromatic carbocycles. The molecule has 4 aromatic heterocycles. The molecule has 13 rings (SSSR count). The van der Waals surface area contributed by atoms with Crippen LogP contribution in [0.25, 0.3) is 122 Å². The van der Waals surface area contributed by atoms with Crippen molar-refractivity contribution in [3.63, 3.8) is 0 Å². The van der Waals surface area contributed by atoms with Gasteiger partial charge >= 0.3 is 0 Å². The highest BCUT2D eigenvalue weighted by Gasteiger charge is 2.23. The highest BCUT2D eigenvalue weighted by Crippen LogP contribution is 2.41. The molecule has 0 radical (unpaired) electrons. The summed E-state index contributed by atoms with van der Waals surface area (Å²) in [6.45, 7) is 0. The topological polar surface area (TPSA) is 61.7 Å². The predicted molar refractivity (Wildman–Crippen MR) is 258 cm³/mol. The first-order chi connectivity index (χ1) is 31.2. The van der Waals surface area contributed by atoms with Gasteiger partial charge in [0.1, 0.15) is 11.1 Å². The molecule has 0 saturated carbocycles. The fourth-order valence-corrected chi connectivity index (χ4v) is 9.54. The van der Waals surface area contributed by atoms with Crippen LogP contribution in [-0.2, 0) is 0 Å². The van der Waals surface area contributed by atoms with E-state index in [2.05, 4.69) is 203 Å². The maximum Gasteiger partial charge on any atom is 0.238 e. The van der Waals surface area contributed by atoms with Gasteiger partial charge in [-0.3, -0.25) is 4.57 Å². The molecule has 0 N–H and O–H groups in total. The Kier molecular flexibility index (Phi) is 7.80. The quantitative estimate of drug-likeness (QED) is 0.168. The van der Waals surface area contributed by atoms with Crippen molar-refractivity contribution in [2.45, 2.75) is 0 Å². The summed E-state index contributed by atoms with van der Waals surface area (Å²) in [4.78, 5) is 16.3. The van der Waals surface area contributed by atoms with Gasteiger partial charge in [-0.1, -0.05) is 164 Å². The van der Waals surface area contributed by atoms with Crippen molar-refractivity contribution in [3.8, 4) is 56.7 Å². The summed E-state index contributed by atoms with van der Waals surface area (Å²) in [7, 11) is 0. The van der Waals surface area contributed by atoms with E-state index >= 15 is 0 Å². The summed E-state index contributed by atoms with van der Waals surface area (Å²) >= 11 is 0. The van der Waals surface area contributed by atoms with E-state index in [1.54, 1.807) is 0 Å². The van der Waals surface area contributed by atoms with Crippen LogP contribution in [0.1, 0.15) is 0 Å². The third-order valence-corrected chi connectivity index (χ3v) is 12.4. The van der Waals surface area contributed by atoms with Gasteiger partial charge < -0.3 is 8.98 Å². The second kappa shape index (κ2) is 14.0. The van der Waals surface area contributed by atoms with Crippen LogP contribution in [0.5, 0.6) is 0 Å². The number of para-hydroxylation sites is 4. The largest absolute Gasteiger partial charge is 0.454 e. The Morgan fingerprint density at radius 2 is 0.921 bits per heavy atom. The van der Waals surface area contributed by atoms with Crippen LogP contribution in [0.2, 0.25) is 0 Å². The van der Waals surface area contributed by atoms with Crippen LogP contribution in [0, 0.1) is 0 Å². The number of hydrogen-bond donors (Lipinski definition) is 0. The van der Waals surface area contributed by atoms with E-state index < -0.39 is 0 Å². The number of furan rings is 1. The average Bonchev–Trinajstić information content (AvgIpc) is 4.02. The summed E-state index contributed by atoms with van der Waals surface area (Å²) in [5, 5.41) is 6.60. The lowest BCUT2D eigenvalue weighted by Crippen LogP contribution is -2.07. The second-order valence-corrected chi connectivity index (χ2v) is 16.0. The minimum atomic E-state index is 0.505. The van der Waals surface area contributed by atoms with Crippen molar-refractivity contribution in [2.75, 3.05) is 0 Å². The molecule has 0 amide bonds. The molecule has 294 valence electrons. The lowest BCUT2D eigenvalue weighted by molar-refractivity contribution is 0.670. The van der Waals surface area contributed by atoms with Crippen molar-refractivity contribution in [1.29, 1.82) is 0 Å². The third kappa shape index (κ3) is 5.55. The molecule has 6 heteroatoms. The Morgan fingerprint density at radius 1 is 0.333 bits per heavy atom. The second-order valence-electron chi connectivity index (χ2n) is 16.0. The van der Waals surface area contributed by atoms with Gasteiger partial charge in [-0.2, -0.15) is 9.97 Å². The lowest BCUT2D eigenvalue weighted by Gasteiger charge is -2.14. The number of benzene rings is 9. The molecule has 63 heavy (non-hydrogen) atoms. The number of aromatic nitrogens is 5. The Balaban J connectivity index is 1.10. The van der Waals surface area contributed by atoms with E-state index in [0.717, 1.165) is 99.2 Å². The van der Waals surface area contributed by atoms with Crippen molar-refractivity contribution >= 4 is 65.6 Å². The molecular weight excluding hydrogens is 771 g/mol. The van der Waals surface area contributed by atoms with Crippen LogP contribution in [0.4, 0.5) is 0 Å². The van der Waals surface area contributed by atoms with Gasteiger partial charge in [0.2, 0.25) is 5.95 Å². The van der Waals surface area contributed by atoms with Crippen LogP contribution >= 0.6 is 0 Å². The number of rotatable bonds is 6. The van der Waals surface area contributed by atoms with Gasteiger partial charge in [0.15, 0.2) is 17.2 Å². The fourth-order valence-electron chi connectivity index (χ4n) is 9.54. The van der Waals surface area contributed by atoms with Gasteiger partial charge in [0, 0.05) is 49.1 Å². The van der Waals surface area contributed by atoms with E-state index in [9.17, 15) is 0 Å². The molecule has 0 aliphatic carbocycles. The van der Waals surface area contributed by atoms with E-state index in [0.29, 0.717) is 17.6 Å². The van der Waals surface area contributed by atoms with Crippen LogP contribution < -0.4 is 0 Å². The summed E-state index contributed by atoms with van der Waals surface area (Å²) in [6.07, 6.45) is 0. The third-order valence-electron chi connectivity index (χ3n) is 12.4. The van der Waals surface area contributed by atoms with Gasteiger partial charge in [-0.15, -0.1) is 0 Å². The average molecular weight is 806 g/mol. The molecule has 0 aliphatic heterocycles. The molecule has 0 bridgehead atoms. The molecular formula is C57H35N5O. The molecule has 0 saturated heterocycles. The Morgan fingerprint density at radius 3 is 1.75 bits per heavy atom. The molecule has 4 heterocycles. The highest BCUT2D eigenvalue weighted by atomic mass is 16.3. The molecule has 0 atom stereocenters. The van der Waals surface area contributed by atoms with Crippen molar-refractivity contribution < 1.29 is 4.42 Å². The molecule has 0 unspecified atom stereocenters. The Hall–Kier alpha value is -8.61. The maximum absolute atomic E-state index is 6.75. The monoisotopic (exact) mass is 805 g/mol. The molecule has 6 nitrogen and oxygen atoms in total. The molecule has 0 fully saturated rings. The maximum atomic E-state index is 6.75. The standard InChI is InChI=1S/C57H35N5O/c1-3-16-36(17-4-1)37-18-15-19-38(34-37)41-22-7-8-26-48(41)56-58-55(39-30-31-44-42-23-9-12-27-49(42)61(51(44)35-39)40-20-5-2-6-21-40)59-57(60-56)62-50-28-13-10-24-43(50)46-32-33-47-45-25-11-14-29-52(45)63-54(47)53(46)62/h1-35H. The first-order valence-corrected chi connectivity index (χ1v) is 21.2. The summed E-state index contributed by atoms with van der Waals surface area (Å²) in [5.41, 5.74) is 13.0. The summed E-state index contributed by atoms with van der Waals surface area (Å²) in [5.74, 6) is 1.64. The Bertz CT molecular complexity index is 3920. The fraction of sp³-hybridized carbons (Fsp3) is 0. The van der Waals surface area contributed by atoms with Gasteiger partial charge in [-0.05, 0) is 70.8 Å². The van der Waals surface area contributed by atoms with Gasteiger partial charge in [0.05, 0.1) is 16.6 Å². The number of nitrogens with zero attached hydrogens (tertiary/aromatic N) is 5. The minimum absolute atomic E-state index is 0.505. The smallest absolute Gasteiger partial charge is 0.238 e. The predicted octanol–water partition coefficient (Wildman–Crippen LogP) is 14.6. The van der Waals surface area contributed by atoms with Crippen molar-refractivity contribution in [2.24, 2.45) is 0 Å². The van der Waals surface area contributed by atoms with E-state index in [-0.39, 0.29) is 0 Å². The van der Waals surface area contributed by atoms with Gasteiger partial charge in [-0.25, -0.2) is 4.98 Å². The zero-order valence-electron chi connectivity index (χ0n) is 33.9. The summed E-state index contributed by atoms with van der Waals surface area (Å²) < 4.78 is 11.2. The van der Waals surface area contributed by atoms with E-state index in [4.69, 9.17) is 19.4 Å². The first-order valence-electron chi connectivity index (χ1n) is 21.2. The zero-order chi connectivity index (χ0) is 41.4. The van der Waals surface area contributed by atoms with Crippen LogP contribution in [-0.4, -0.2) is 24.1 Å². The SMILES string of the molecule is c1ccc(-c2cccc(-c3ccccc3-c3nc(-c4ccc5c6ccccc6n(-c6ccccc6)c5c4)nc(-n4c5ccccc5c5ccc6c7ccccc7oc6c54)n3)c2)cc1. The minimum Gasteiger partial charge on any atom is -0.454 e. The lowest BCUT2D eigenvalue weighted by atomic mass is 9.95. The highest BCUT2D eigenvalue weighted by molar-refractivity contribution is 6.21. The zero-order valence-corrected chi connectivity index (χ0v) is 33.9. The van der Waals surface area contributed by atoms with Crippen LogP contribution in [0.3, 0.4) is 0 Å². The number of fused-ring (bicyclic) bond motifs is 10. The summed E-state index contributed by atoms with van der Waals surface area (Å²) in [6, 6.07) is 74.4. The van der Waals surface area contributed by atoms with E-state index in [1.807, 2.05) is 18.2 Å². The van der Waals surface area contributed by atoms with Crippen molar-refractivity contribution in [3.05, 3.63) is 212 Å². The molecule has 13 aromatic rings. The normalized spacial score (nSPS) is 11.8. The van der Waals surface area contributed by atoms with Crippen molar-refractivity contribution in [1.82, 2.24) is 24.1 Å². The Labute approximate surface area is 361 Å². The first kappa shape index (κ1) is 35.2. The number of hydrogen-bond acceptors (Lipinski definition) is 4.